The summed E-state index contributed by atoms with van der Waals surface area (Å²) in [5, 5.41) is 19.3. The Bertz CT molecular complexity index is 1710. The van der Waals surface area contributed by atoms with Crippen LogP contribution in [0.2, 0.25) is 0 Å². The number of nitrogens with two attached hydrogens (primary N) is 1. The van der Waals surface area contributed by atoms with E-state index in [-0.39, 0.29) is 23.8 Å². The third-order valence-corrected chi connectivity index (χ3v) is 7.49. The van der Waals surface area contributed by atoms with E-state index in [4.69, 9.17) is 17.3 Å². The molecule has 2 atom stereocenters. The van der Waals surface area contributed by atoms with Crippen molar-refractivity contribution in [2.24, 2.45) is 5.73 Å². The third-order valence-electron chi connectivity index (χ3n) is 7.09. The van der Waals surface area contributed by atoms with Gasteiger partial charge in [-0.05, 0) is 79.2 Å². The van der Waals surface area contributed by atoms with Gasteiger partial charge in [-0.15, -0.1) is 24.0 Å². The minimum Gasteiger partial charge on any atom is -0.508 e. The molecule has 0 fully saturated rings. The number of halogens is 2. The summed E-state index contributed by atoms with van der Waals surface area (Å²) in [5.74, 6) is 0.318. The average molecular weight is 512 g/mol. The zero-order chi connectivity index (χ0) is 23.9. The first-order chi connectivity index (χ1) is 17.1. The lowest BCUT2D eigenvalue weighted by Crippen LogP contribution is -2.29. The summed E-state index contributed by atoms with van der Waals surface area (Å²) in [4.78, 5) is 0. The molecular weight excluding hydrogens is 485 g/mol. The maximum atomic E-state index is 9.49. The molecule has 2 unspecified atom stereocenters. The standard InChI is InChI=1S/C18H16ClN.C14H10O.ClH/c19-17-10-13(20)9-12-6-7-15-14-4-2-1-3-11(14)5-8-16(15)18(12)17;15-12-8-7-11-6-5-10-3-1-2-4-13(10)14(11)9-12;/h1-8,13,17H,9-10,20H2;1-9,15H;1H. The normalized spacial score (nSPS) is 16.8. The van der Waals surface area contributed by atoms with Crippen molar-refractivity contribution in [3.8, 4) is 5.75 Å². The van der Waals surface area contributed by atoms with Crippen molar-refractivity contribution in [2.75, 3.05) is 0 Å². The summed E-state index contributed by atoms with van der Waals surface area (Å²) >= 11 is 6.59. The Kier molecular flexibility index (Phi) is 6.77. The minimum atomic E-state index is 0. The van der Waals surface area contributed by atoms with E-state index in [0.29, 0.717) is 5.75 Å². The van der Waals surface area contributed by atoms with Gasteiger partial charge in [-0.25, -0.2) is 0 Å². The fourth-order valence-corrected chi connectivity index (χ4v) is 5.93. The summed E-state index contributed by atoms with van der Waals surface area (Å²) in [6.07, 6.45) is 1.79. The van der Waals surface area contributed by atoms with Gasteiger partial charge in [0.05, 0.1) is 5.38 Å². The number of phenolic OH excluding ortho intramolecular Hbond substituents is 1. The van der Waals surface area contributed by atoms with E-state index in [9.17, 15) is 5.11 Å². The van der Waals surface area contributed by atoms with Crippen molar-refractivity contribution in [2.45, 2.75) is 24.3 Å². The van der Waals surface area contributed by atoms with Gasteiger partial charge in [-0.1, -0.05) is 91.0 Å². The van der Waals surface area contributed by atoms with E-state index in [1.807, 2.05) is 24.3 Å². The lowest BCUT2D eigenvalue weighted by atomic mass is 9.84. The molecule has 6 aromatic carbocycles. The molecule has 0 saturated carbocycles. The maximum Gasteiger partial charge on any atom is 0.116 e. The number of hydrogen-bond donors (Lipinski definition) is 2. The van der Waals surface area contributed by atoms with E-state index in [2.05, 4.69) is 72.8 Å². The molecule has 0 bridgehead atoms. The second kappa shape index (κ2) is 9.99. The summed E-state index contributed by atoms with van der Waals surface area (Å²) in [5.41, 5.74) is 8.69. The molecule has 6 aromatic rings. The number of benzene rings is 6. The van der Waals surface area contributed by atoms with Crippen molar-refractivity contribution in [3.05, 3.63) is 114 Å². The van der Waals surface area contributed by atoms with Gasteiger partial charge in [0.1, 0.15) is 5.75 Å². The van der Waals surface area contributed by atoms with Gasteiger partial charge in [-0.2, -0.15) is 0 Å². The van der Waals surface area contributed by atoms with Crippen LogP contribution in [0.4, 0.5) is 0 Å². The van der Waals surface area contributed by atoms with E-state index >= 15 is 0 Å². The van der Waals surface area contributed by atoms with Crippen molar-refractivity contribution in [1.29, 1.82) is 0 Å². The zero-order valence-corrected chi connectivity index (χ0v) is 21.3. The number of fused-ring (bicyclic) bond motifs is 8. The number of aromatic hydroxyl groups is 1. The monoisotopic (exact) mass is 511 g/mol. The van der Waals surface area contributed by atoms with Crippen LogP contribution in [-0.2, 0) is 6.42 Å². The molecule has 0 radical (unpaired) electrons. The van der Waals surface area contributed by atoms with E-state index < -0.39 is 0 Å². The predicted molar refractivity (Wildman–Crippen MR) is 157 cm³/mol. The molecule has 0 spiro atoms. The molecule has 36 heavy (non-hydrogen) atoms. The Morgan fingerprint density at radius 1 is 0.639 bits per heavy atom. The van der Waals surface area contributed by atoms with Crippen LogP contribution in [0, 0.1) is 0 Å². The van der Waals surface area contributed by atoms with Gasteiger partial charge >= 0.3 is 0 Å². The van der Waals surface area contributed by atoms with Crippen LogP contribution in [-0.4, -0.2) is 11.1 Å². The summed E-state index contributed by atoms with van der Waals surface area (Å²) in [6.45, 7) is 0. The minimum absolute atomic E-state index is 0. The summed E-state index contributed by atoms with van der Waals surface area (Å²) in [6, 6.07) is 35.4. The number of phenols is 1. The Hall–Kier alpha value is -3.30. The molecule has 7 rings (SSSR count). The second-order valence-electron chi connectivity index (χ2n) is 9.38. The van der Waals surface area contributed by atoms with Crippen LogP contribution in [0.25, 0.3) is 43.1 Å². The Morgan fingerprint density at radius 2 is 1.19 bits per heavy atom. The molecule has 180 valence electrons. The fourth-order valence-electron chi connectivity index (χ4n) is 5.44. The Labute approximate surface area is 221 Å². The molecule has 3 N–H and O–H groups in total. The fraction of sp³-hybridized carbons (Fsp3) is 0.125. The topological polar surface area (TPSA) is 46.2 Å². The average Bonchev–Trinajstić information content (AvgIpc) is 2.88. The smallest absolute Gasteiger partial charge is 0.116 e. The first-order valence-electron chi connectivity index (χ1n) is 12.0. The maximum absolute atomic E-state index is 9.49. The SMILES string of the molecule is Cl.NC1Cc2ccc3c(ccc4ccccc43)c2C(Cl)C1.Oc1ccc2ccc3ccccc3c2c1. The molecule has 0 aromatic heterocycles. The van der Waals surface area contributed by atoms with Crippen LogP contribution in [0.15, 0.2) is 103 Å². The quantitative estimate of drug-likeness (QED) is 0.158. The lowest BCUT2D eigenvalue weighted by Gasteiger charge is -2.27. The Morgan fingerprint density at radius 3 is 1.92 bits per heavy atom. The van der Waals surface area contributed by atoms with Crippen LogP contribution in [0.3, 0.4) is 0 Å². The van der Waals surface area contributed by atoms with Crippen molar-refractivity contribution < 1.29 is 5.11 Å². The van der Waals surface area contributed by atoms with Crippen molar-refractivity contribution >= 4 is 67.1 Å². The third kappa shape index (κ3) is 4.37. The Balaban J connectivity index is 0.000000150. The van der Waals surface area contributed by atoms with Gasteiger partial charge < -0.3 is 10.8 Å². The number of hydrogen-bond acceptors (Lipinski definition) is 2. The number of rotatable bonds is 0. The highest BCUT2D eigenvalue weighted by Crippen LogP contribution is 2.40. The first-order valence-corrected chi connectivity index (χ1v) is 12.5. The molecular formula is C32H27Cl2NO. The predicted octanol–water partition coefficient (Wildman–Crippen LogP) is 8.67. The van der Waals surface area contributed by atoms with Crippen molar-refractivity contribution in [3.63, 3.8) is 0 Å². The van der Waals surface area contributed by atoms with Crippen LogP contribution in [0.1, 0.15) is 22.9 Å². The summed E-state index contributed by atoms with van der Waals surface area (Å²) in [7, 11) is 0. The van der Waals surface area contributed by atoms with Gasteiger partial charge in [-0.3, -0.25) is 0 Å². The van der Waals surface area contributed by atoms with Crippen LogP contribution >= 0.6 is 24.0 Å². The largest absolute Gasteiger partial charge is 0.508 e. The van der Waals surface area contributed by atoms with E-state index in [1.54, 1.807) is 6.07 Å². The molecule has 0 aliphatic heterocycles. The van der Waals surface area contributed by atoms with Gasteiger partial charge in [0, 0.05) is 6.04 Å². The first kappa shape index (κ1) is 24.4. The highest BCUT2D eigenvalue weighted by molar-refractivity contribution is 6.23. The molecule has 1 aliphatic carbocycles. The molecule has 2 nitrogen and oxygen atoms in total. The van der Waals surface area contributed by atoms with Gasteiger partial charge in [0.25, 0.3) is 0 Å². The van der Waals surface area contributed by atoms with E-state index in [0.717, 1.165) is 23.6 Å². The summed E-state index contributed by atoms with van der Waals surface area (Å²) < 4.78 is 0. The second-order valence-corrected chi connectivity index (χ2v) is 9.91. The molecule has 1 aliphatic rings. The molecule has 4 heteroatoms. The molecule has 0 saturated heterocycles. The number of alkyl halides is 1. The van der Waals surface area contributed by atoms with Gasteiger partial charge in [0.15, 0.2) is 0 Å². The highest BCUT2D eigenvalue weighted by atomic mass is 35.5. The van der Waals surface area contributed by atoms with E-state index in [1.165, 1.54) is 43.4 Å². The zero-order valence-electron chi connectivity index (χ0n) is 19.7. The molecule has 0 heterocycles. The highest BCUT2D eigenvalue weighted by Gasteiger charge is 2.25. The van der Waals surface area contributed by atoms with Crippen LogP contribution < -0.4 is 5.73 Å². The van der Waals surface area contributed by atoms with Gasteiger partial charge in [0.2, 0.25) is 0 Å². The molecule has 0 amide bonds. The lowest BCUT2D eigenvalue weighted by molar-refractivity contribution is 0.476. The van der Waals surface area contributed by atoms with Crippen LogP contribution in [0.5, 0.6) is 5.75 Å². The van der Waals surface area contributed by atoms with Crippen molar-refractivity contribution in [1.82, 2.24) is 0 Å².